The third-order valence-corrected chi connectivity index (χ3v) is 5.63. The van der Waals surface area contributed by atoms with Crippen molar-refractivity contribution < 1.29 is 9.59 Å². The van der Waals surface area contributed by atoms with Gasteiger partial charge in [0.2, 0.25) is 5.91 Å². The van der Waals surface area contributed by atoms with Crippen LogP contribution >= 0.6 is 0 Å². The average molecular weight is 372 g/mol. The van der Waals surface area contributed by atoms with Crippen molar-refractivity contribution in [1.29, 1.82) is 0 Å². The Morgan fingerprint density at radius 3 is 2.54 bits per heavy atom. The molecule has 4 heteroatoms. The van der Waals surface area contributed by atoms with Gasteiger partial charge in [0.15, 0.2) is 0 Å². The van der Waals surface area contributed by atoms with E-state index in [0.717, 1.165) is 17.2 Å². The molecule has 0 fully saturated rings. The average Bonchev–Trinajstić information content (AvgIpc) is 2.73. The van der Waals surface area contributed by atoms with Gasteiger partial charge in [0.25, 0.3) is 5.91 Å². The number of carbonyl (C=O) groups excluding carboxylic acids is 2. The molecule has 0 bridgehead atoms. The van der Waals surface area contributed by atoms with Crippen molar-refractivity contribution in [3.8, 4) is 0 Å². The third kappa shape index (κ3) is 3.38. The number of nitrogens with zero attached hydrogens (tertiary/aromatic N) is 2. The van der Waals surface area contributed by atoms with E-state index in [-0.39, 0.29) is 24.4 Å². The highest BCUT2D eigenvalue weighted by atomic mass is 16.2. The summed E-state index contributed by atoms with van der Waals surface area (Å²) < 4.78 is 0. The number of fused-ring (bicyclic) bond motifs is 2. The second kappa shape index (κ2) is 7.47. The molecule has 1 atom stereocenters. The second-order valence-electron chi connectivity index (χ2n) is 7.44. The Kier molecular flexibility index (Phi) is 4.86. The van der Waals surface area contributed by atoms with Crippen LogP contribution in [-0.2, 0) is 11.2 Å². The molecule has 3 aromatic carbocycles. The number of hydrogen-bond acceptors (Lipinski definition) is 2. The Morgan fingerprint density at radius 2 is 1.71 bits per heavy atom. The highest BCUT2D eigenvalue weighted by Crippen LogP contribution is 2.29. The molecule has 1 aliphatic heterocycles. The summed E-state index contributed by atoms with van der Waals surface area (Å²) in [6.07, 6.45) is 0.856. The maximum atomic E-state index is 12.9. The fourth-order valence-electron chi connectivity index (χ4n) is 4.02. The Morgan fingerprint density at radius 1 is 1.00 bits per heavy atom. The zero-order chi connectivity index (χ0) is 19.7. The predicted octanol–water partition coefficient (Wildman–Crippen LogP) is 4.06. The van der Waals surface area contributed by atoms with Crippen LogP contribution in [-0.4, -0.2) is 41.8 Å². The Bertz CT molecular complexity index is 1040. The van der Waals surface area contributed by atoms with E-state index in [1.165, 1.54) is 16.0 Å². The molecule has 142 valence electrons. The van der Waals surface area contributed by atoms with Crippen LogP contribution in [0.4, 0.5) is 0 Å². The van der Waals surface area contributed by atoms with E-state index in [2.05, 4.69) is 19.1 Å². The molecule has 1 heterocycles. The van der Waals surface area contributed by atoms with Crippen LogP contribution in [0.3, 0.4) is 0 Å². The summed E-state index contributed by atoms with van der Waals surface area (Å²) in [6.45, 7) is 2.83. The fourth-order valence-corrected chi connectivity index (χ4v) is 4.02. The van der Waals surface area contributed by atoms with Crippen molar-refractivity contribution >= 4 is 22.6 Å². The van der Waals surface area contributed by atoms with Gasteiger partial charge in [0, 0.05) is 19.2 Å². The van der Waals surface area contributed by atoms with Gasteiger partial charge in [-0.25, -0.2) is 0 Å². The minimum Gasteiger partial charge on any atom is -0.334 e. The van der Waals surface area contributed by atoms with Crippen molar-refractivity contribution in [1.82, 2.24) is 9.80 Å². The molecular weight excluding hydrogens is 348 g/mol. The highest BCUT2D eigenvalue weighted by Gasteiger charge is 2.28. The van der Waals surface area contributed by atoms with E-state index in [4.69, 9.17) is 0 Å². The molecule has 3 aromatic rings. The smallest absolute Gasteiger partial charge is 0.254 e. The fraction of sp³-hybridized carbons (Fsp3) is 0.250. The molecule has 0 radical (unpaired) electrons. The van der Waals surface area contributed by atoms with E-state index in [9.17, 15) is 9.59 Å². The molecule has 0 aliphatic carbocycles. The Hall–Kier alpha value is -3.14. The van der Waals surface area contributed by atoms with E-state index in [1.54, 1.807) is 7.05 Å². The van der Waals surface area contributed by atoms with E-state index >= 15 is 0 Å². The van der Waals surface area contributed by atoms with Gasteiger partial charge in [-0.1, -0.05) is 54.6 Å². The lowest BCUT2D eigenvalue weighted by Gasteiger charge is -2.36. The third-order valence-electron chi connectivity index (χ3n) is 5.63. The second-order valence-corrected chi connectivity index (χ2v) is 7.44. The number of hydrogen-bond donors (Lipinski definition) is 0. The molecule has 0 spiro atoms. The predicted molar refractivity (Wildman–Crippen MR) is 111 cm³/mol. The molecule has 4 rings (SSSR count). The lowest BCUT2D eigenvalue weighted by Crippen LogP contribution is -2.45. The first-order chi connectivity index (χ1) is 13.5. The molecule has 1 aliphatic rings. The number of amides is 2. The van der Waals surface area contributed by atoms with Gasteiger partial charge in [0.1, 0.15) is 0 Å². The van der Waals surface area contributed by atoms with E-state index < -0.39 is 0 Å². The molecule has 0 aromatic heterocycles. The maximum Gasteiger partial charge on any atom is 0.254 e. The monoisotopic (exact) mass is 372 g/mol. The van der Waals surface area contributed by atoms with Crippen molar-refractivity contribution in [2.24, 2.45) is 0 Å². The highest BCUT2D eigenvalue weighted by molar-refractivity contribution is 5.99. The van der Waals surface area contributed by atoms with Crippen LogP contribution in [0.2, 0.25) is 0 Å². The zero-order valence-electron chi connectivity index (χ0n) is 16.3. The Balaban J connectivity index is 1.47. The maximum absolute atomic E-state index is 12.9. The van der Waals surface area contributed by atoms with Crippen LogP contribution in [0.15, 0.2) is 66.7 Å². The molecule has 0 saturated carbocycles. The topological polar surface area (TPSA) is 40.6 Å². The first kappa shape index (κ1) is 18.2. The number of rotatable bonds is 3. The summed E-state index contributed by atoms with van der Waals surface area (Å²) >= 11 is 0. The van der Waals surface area contributed by atoms with Crippen LogP contribution in [0.1, 0.15) is 34.5 Å². The van der Waals surface area contributed by atoms with Crippen LogP contribution in [0.5, 0.6) is 0 Å². The normalized spacial score (nSPS) is 15.9. The van der Waals surface area contributed by atoms with Crippen LogP contribution < -0.4 is 0 Å². The largest absolute Gasteiger partial charge is 0.334 e. The standard InChI is InChI=1S/C24H24N2O2/c1-17-22-10-6-5-8-19(22)13-14-26(17)23(27)16-25(2)24(28)21-12-11-18-7-3-4-9-20(18)15-21/h3-12,15,17H,13-14,16H2,1-2H3. The Labute approximate surface area is 165 Å². The lowest BCUT2D eigenvalue weighted by atomic mass is 9.93. The van der Waals surface area contributed by atoms with Crippen molar-refractivity contribution in [3.05, 3.63) is 83.4 Å². The van der Waals surface area contributed by atoms with Gasteiger partial charge in [-0.05, 0) is 47.4 Å². The molecule has 0 N–H and O–H groups in total. The molecule has 28 heavy (non-hydrogen) atoms. The number of likely N-dealkylation sites (N-methyl/N-ethyl adjacent to an activating group) is 1. The summed E-state index contributed by atoms with van der Waals surface area (Å²) in [6, 6.07) is 21.9. The molecule has 1 unspecified atom stereocenters. The SMILES string of the molecule is CC1c2ccccc2CCN1C(=O)CN(C)C(=O)c1ccc2ccccc2c1. The summed E-state index contributed by atoms with van der Waals surface area (Å²) in [5.41, 5.74) is 3.11. The zero-order valence-corrected chi connectivity index (χ0v) is 16.3. The summed E-state index contributed by atoms with van der Waals surface area (Å²) in [5.74, 6) is -0.150. The molecular formula is C24H24N2O2. The molecule has 4 nitrogen and oxygen atoms in total. The molecule has 2 amide bonds. The van der Waals surface area contributed by atoms with Gasteiger partial charge in [-0.2, -0.15) is 0 Å². The number of benzene rings is 3. The quantitative estimate of drug-likeness (QED) is 0.696. The minimum atomic E-state index is -0.135. The van der Waals surface area contributed by atoms with Gasteiger partial charge in [-0.15, -0.1) is 0 Å². The summed E-state index contributed by atoms with van der Waals surface area (Å²) in [7, 11) is 1.69. The van der Waals surface area contributed by atoms with Crippen LogP contribution in [0.25, 0.3) is 10.8 Å². The first-order valence-corrected chi connectivity index (χ1v) is 9.66. The molecule has 0 saturated heterocycles. The van der Waals surface area contributed by atoms with Gasteiger partial charge < -0.3 is 9.80 Å². The van der Waals surface area contributed by atoms with Crippen molar-refractivity contribution in [3.63, 3.8) is 0 Å². The first-order valence-electron chi connectivity index (χ1n) is 9.66. The summed E-state index contributed by atoms with van der Waals surface area (Å²) in [4.78, 5) is 29.1. The van der Waals surface area contributed by atoms with Gasteiger partial charge in [-0.3, -0.25) is 9.59 Å². The van der Waals surface area contributed by atoms with E-state index in [1.807, 2.05) is 59.5 Å². The van der Waals surface area contributed by atoms with E-state index in [0.29, 0.717) is 12.1 Å². The van der Waals surface area contributed by atoms with Gasteiger partial charge in [0.05, 0.1) is 12.6 Å². The number of carbonyl (C=O) groups is 2. The summed E-state index contributed by atoms with van der Waals surface area (Å²) in [5, 5.41) is 2.12. The van der Waals surface area contributed by atoms with Gasteiger partial charge >= 0.3 is 0 Å². The lowest BCUT2D eigenvalue weighted by molar-refractivity contribution is -0.134. The van der Waals surface area contributed by atoms with Crippen LogP contribution in [0, 0.1) is 0 Å². The minimum absolute atomic E-state index is 0.0151. The van der Waals surface area contributed by atoms with Crippen molar-refractivity contribution in [2.75, 3.05) is 20.1 Å². The van der Waals surface area contributed by atoms with Crippen molar-refractivity contribution in [2.45, 2.75) is 19.4 Å².